The number of amidine groups is 1. The Hall–Kier alpha value is -0.353. The lowest BCUT2D eigenvalue weighted by molar-refractivity contribution is 0.266. The second-order valence-electron chi connectivity index (χ2n) is 2.35. The molecule has 1 aliphatic heterocycles. The van der Waals surface area contributed by atoms with Crippen LogP contribution in [0.1, 0.15) is 6.92 Å². The molecule has 0 aromatic heterocycles. The monoisotopic (exact) mass is 130 g/mol. The number of hydroxylamine groups is 1. The summed E-state index contributed by atoms with van der Waals surface area (Å²) in [5, 5.41) is 0. The molecular formula is C4H10N2OSi. The van der Waals surface area contributed by atoms with Crippen molar-refractivity contribution < 1.29 is 4.53 Å². The van der Waals surface area contributed by atoms with Crippen LogP contribution in [-0.4, -0.2) is 14.3 Å². The zero-order valence-corrected chi connectivity index (χ0v) is 6.36. The molecule has 0 saturated carbocycles. The minimum Gasteiger partial charge on any atom is -0.293 e. The van der Waals surface area contributed by atoms with Gasteiger partial charge in [-0.25, -0.2) is 0 Å². The Balaban J connectivity index is 2.67. The summed E-state index contributed by atoms with van der Waals surface area (Å²) in [4.78, 5) is 0. The molecule has 0 atom stereocenters. The SMILES string of the molecule is CC1=N[Si](C)(C)ON1. The van der Waals surface area contributed by atoms with E-state index >= 15 is 0 Å². The van der Waals surface area contributed by atoms with Crippen molar-refractivity contribution in [2.75, 3.05) is 0 Å². The van der Waals surface area contributed by atoms with Crippen molar-refractivity contribution in [3.8, 4) is 0 Å². The van der Waals surface area contributed by atoms with Gasteiger partial charge in [-0.2, -0.15) is 0 Å². The molecule has 0 radical (unpaired) electrons. The lowest BCUT2D eigenvalue weighted by atomic mass is 10.7. The highest BCUT2D eigenvalue weighted by Crippen LogP contribution is 2.08. The van der Waals surface area contributed by atoms with Crippen LogP contribution in [0.3, 0.4) is 0 Å². The third-order valence-corrected chi connectivity index (χ3v) is 2.36. The van der Waals surface area contributed by atoms with Gasteiger partial charge in [0.25, 0.3) is 0 Å². The predicted octanol–water partition coefficient (Wildman–Crippen LogP) is 0.641. The van der Waals surface area contributed by atoms with E-state index in [0.717, 1.165) is 5.84 Å². The fourth-order valence-corrected chi connectivity index (χ4v) is 1.94. The van der Waals surface area contributed by atoms with E-state index in [4.69, 9.17) is 4.53 Å². The van der Waals surface area contributed by atoms with E-state index in [0.29, 0.717) is 0 Å². The van der Waals surface area contributed by atoms with Crippen LogP contribution >= 0.6 is 0 Å². The molecule has 0 aliphatic carbocycles. The average molecular weight is 130 g/mol. The topological polar surface area (TPSA) is 33.6 Å². The molecule has 0 aromatic rings. The van der Waals surface area contributed by atoms with Crippen molar-refractivity contribution in [3.05, 3.63) is 0 Å². The van der Waals surface area contributed by atoms with Gasteiger partial charge < -0.3 is 0 Å². The summed E-state index contributed by atoms with van der Waals surface area (Å²) in [5.74, 6) is 0.904. The van der Waals surface area contributed by atoms with Crippen LogP contribution in [0.4, 0.5) is 0 Å². The smallest absolute Gasteiger partial charge is 0.293 e. The highest BCUT2D eigenvalue weighted by atomic mass is 28.4. The van der Waals surface area contributed by atoms with Gasteiger partial charge in [0.15, 0.2) is 0 Å². The lowest BCUT2D eigenvalue weighted by Gasteiger charge is -2.05. The molecule has 1 rings (SSSR count). The van der Waals surface area contributed by atoms with Gasteiger partial charge in [0, 0.05) is 0 Å². The Morgan fingerprint density at radius 3 is 2.38 bits per heavy atom. The van der Waals surface area contributed by atoms with Gasteiger partial charge in [-0.1, -0.05) is 0 Å². The Labute approximate surface area is 49.9 Å². The Morgan fingerprint density at radius 2 is 2.25 bits per heavy atom. The first-order valence-electron chi connectivity index (χ1n) is 2.61. The molecule has 0 unspecified atom stereocenters. The molecule has 1 N–H and O–H groups in total. The van der Waals surface area contributed by atoms with Gasteiger partial charge in [0.2, 0.25) is 0 Å². The maximum atomic E-state index is 5.14. The van der Waals surface area contributed by atoms with Crippen molar-refractivity contribution in [3.63, 3.8) is 0 Å². The third kappa shape index (κ3) is 1.08. The predicted molar refractivity (Wildman–Crippen MR) is 34.8 cm³/mol. The summed E-state index contributed by atoms with van der Waals surface area (Å²) in [6.45, 7) is 5.98. The van der Waals surface area contributed by atoms with Gasteiger partial charge in [0.05, 0.1) is 0 Å². The highest BCUT2D eigenvalue weighted by molar-refractivity contribution is 6.71. The number of rotatable bonds is 0. The largest absolute Gasteiger partial charge is 0.343 e. The Bertz CT molecular complexity index is 132. The number of hydrogen-bond acceptors (Lipinski definition) is 3. The summed E-state index contributed by atoms with van der Waals surface area (Å²) in [6.07, 6.45) is 0. The molecular weight excluding hydrogens is 120 g/mol. The molecule has 4 heteroatoms. The molecule has 3 nitrogen and oxygen atoms in total. The van der Waals surface area contributed by atoms with Crippen LogP contribution in [-0.2, 0) is 4.53 Å². The molecule has 46 valence electrons. The van der Waals surface area contributed by atoms with Crippen molar-refractivity contribution >= 4 is 14.3 Å². The van der Waals surface area contributed by atoms with Crippen LogP contribution in [0.5, 0.6) is 0 Å². The van der Waals surface area contributed by atoms with E-state index in [1.165, 1.54) is 0 Å². The van der Waals surface area contributed by atoms with Crippen molar-refractivity contribution in [2.24, 2.45) is 4.66 Å². The molecule has 0 aromatic carbocycles. The highest BCUT2D eigenvalue weighted by Gasteiger charge is 2.27. The van der Waals surface area contributed by atoms with Crippen LogP contribution in [0.15, 0.2) is 4.66 Å². The lowest BCUT2D eigenvalue weighted by Crippen LogP contribution is -2.27. The standard InChI is InChI=1S/C4H10N2OSi/c1-4-5-7-8(2,3)6-4/h1-3H3,(H,5,6). The van der Waals surface area contributed by atoms with Gasteiger partial charge in [0.1, 0.15) is 5.84 Å². The van der Waals surface area contributed by atoms with E-state index in [1.54, 1.807) is 0 Å². The fraction of sp³-hybridized carbons (Fsp3) is 0.750. The molecule has 1 aliphatic rings. The minimum absolute atomic E-state index is 0.904. The Morgan fingerprint density at radius 1 is 1.62 bits per heavy atom. The van der Waals surface area contributed by atoms with Gasteiger partial charge in [-0.3, -0.25) is 14.7 Å². The number of nitrogens with one attached hydrogen (secondary N) is 1. The first kappa shape index (κ1) is 5.78. The number of nitrogens with zero attached hydrogens (tertiary/aromatic N) is 1. The summed E-state index contributed by atoms with van der Waals surface area (Å²) in [7, 11) is -1.63. The Kier molecular flexibility index (Phi) is 1.13. The van der Waals surface area contributed by atoms with E-state index in [-0.39, 0.29) is 0 Å². The minimum atomic E-state index is -1.63. The summed E-state index contributed by atoms with van der Waals surface area (Å²) >= 11 is 0. The van der Waals surface area contributed by atoms with E-state index in [1.807, 2.05) is 20.0 Å². The quantitative estimate of drug-likeness (QED) is 0.488. The molecule has 1 heterocycles. The van der Waals surface area contributed by atoms with Gasteiger partial charge >= 0.3 is 8.48 Å². The molecule has 0 spiro atoms. The van der Waals surface area contributed by atoms with Gasteiger partial charge in [-0.05, 0) is 20.0 Å². The number of hydrogen-bond donors (Lipinski definition) is 1. The maximum Gasteiger partial charge on any atom is 0.343 e. The summed E-state index contributed by atoms with van der Waals surface area (Å²) in [6, 6.07) is 0. The molecule has 0 fully saturated rings. The first-order chi connectivity index (χ1) is 3.60. The third-order valence-electron chi connectivity index (χ3n) is 0.885. The molecule has 8 heavy (non-hydrogen) atoms. The zero-order chi connectivity index (χ0) is 6.20. The van der Waals surface area contributed by atoms with E-state index in [2.05, 4.69) is 10.1 Å². The van der Waals surface area contributed by atoms with Crippen molar-refractivity contribution in [1.82, 2.24) is 5.48 Å². The van der Waals surface area contributed by atoms with Crippen LogP contribution in [0.25, 0.3) is 0 Å². The molecule has 0 saturated heterocycles. The summed E-state index contributed by atoms with van der Waals surface area (Å²) in [5.41, 5.74) is 2.72. The average Bonchev–Trinajstić information content (AvgIpc) is 1.82. The van der Waals surface area contributed by atoms with E-state index in [9.17, 15) is 0 Å². The van der Waals surface area contributed by atoms with Crippen LogP contribution in [0.2, 0.25) is 13.1 Å². The van der Waals surface area contributed by atoms with E-state index < -0.39 is 8.48 Å². The molecule has 0 bridgehead atoms. The first-order valence-corrected chi connectivity index (χ1v) is 5.46. The maximum absolute atomic E-state index is 5.14. The second kappa shape index (κ2) is 1.56. The normalized spacial score (nSPS) is 24.6. The van der Waals surface area contributed by atoms with Crippen LogP contribution in [0, 0.1) is 0 Å². The van der Waals surface area contributed by atoms with Crippen molar-refractivity contribution in [1.29, 1.82) is 0 Å². The zero-order valence-electron chi connectivity index (χ0n) is 5.36. The van der Waals surface area contributed by atoms with Crippen LogP contribution < -0.4 is 5.48 Å². The van der Waals surface area contributed by atoms with Gasteiger partial charge in [-0.15, -0.1) is 0 Å². The van der Waals surface area contributed by atoms with Crippen molar-refractivity contribution in [2.45, 2.75) is 20.0 Å². The summed E-state index contributed by atoms with van der Waals surface area (Å²) < 4.78 is 9.38. The molecule has 0 amide bonds. The second-order valence-corrected chi connectivity index (χ2v) is 5.67. The fourth-order valence-electron chi connectivity index (χ4n) is 0.648.